The van der Waals surface area contributed by atoms with Gasteiger partial charge in [0.1, 0.15) is 12.4 Å². The molecule has 0 saturated heterocycles. The van der Waals surface area contributed by atoms with Crippen molar-refractivity contribution >= 4 is 29.0 Å². The van der Waals surface area contributed by atoms with Crippen LogP contribution in [0.2, 0.25) is 0 Å². The van der Waals surface area contributed by atoms with Crippen LogP contribution in [-0.4, -0.2) is 43.1 Å². The number of amides is 1. The Balaban J connectivity index is 1.87. The minimum Gasteiger partial charge on any atom is -0.334 e. The second kappa shape index (κ2) is 8.27. The van der Waals surface area contributed by atoms with E-state index in [-0.39, 0.29) is 34.8 Å². The average Bonchev–Trinajstić information content (AvgIpc) is 3.08. The molecule has 1 N–H and O–H groups in total. The van der Waals surface area contributed by atoms with Crippen LogP contribution in [0.1, 0.15) is 16.2 Å². The predicted molar refractivity (Wildman–Crippen MR) is 108 cm³/mol. The first-order valence-electron chi connectivity index (χ1n) is 8.80. The third-order valence-corrected chi connectivity index (χ3v) is 4.74. The monoisotopic (exact) mass is 437 g/mol. The summed E-state index contributed by atoms with van der Waals surface area (Å²) in [5, 5.41) is 0.352. The number of rotatable bonds is 6. The Morgan fingerprint density at radius 1 is 1.40 bits per heavy atom. The predicted octanol–water partition coefficient (Wildman–Crippen LogP) is 3.28. The number of imidazole rings is 1. The molecule has 2 aromatic heterocycles. The van der Waals surface area contributed by atoms with Crippen LogP contribution in [0.4, 0.5) is 13.2 Å². The van der Waals surface area contributed by atoms with Crippen LogP contribution < -0.4 is 5.56 Å². The molecule has 3 rings (SSSR count). The summed E-state index contributed by atoms with van der Waals surface area (Å²) in [6, 6.07) is 4.49. The SMILES string of the molecule is C=CCn1c(=S)[nH]c2cc(C(=O)N(C)Cc3nccn3CC(F)(F)F)ccc2c1=O. The maximum Gasteiger partial charge on any atom is 0.406 e. The zero-order valence-corrected chi connectivity index (χ0v) is 16.8. The zero-order valence-electron chi connectivity index (χ0n) is 15.9. The van der Waals surface area contributed by atoms with Gasteiger partial charge in [-0.1, -0.05) is 6.08 Å². The first-order chi connectivity index (χ1) is 14.1. The maximum absolute atomic E-state index is 12.8. The van der Waals surface area contributed by atoms with Crippen LogP contribution in [-0.2, 0) is 19.6 Å². The standard InChI is InChI=1S/C19H18F3N5O2S/c1-3-7-27-17(29)13-5-4-12(9-14(13)24-18(27)30)16(28)25(2)10-15-23-6-8-26(15)11-19(20,21)22/h3-6,8-9H,1,7,10-11H2,2H3,(H,24,30). The number of fused-ring (bicyclic) bond motifs is 1. The molecule has 1 aromatic carbocycles. The van der Waals surface area contributed by atoms with E-state index in [9.17, 15) is 22.8 Å². The van der Waals surface area contributed by atoms with Crippen LogP contribution in [0.15, 0.2) is 48.0 Å². The van der Waals surface area contributed by atoms with Crippen molar-refractivity contribution in [3.63, 3.8) is 0 Å². The first kappa shape index (κ1) is 21.5. The molecule has 0 spiro atoms. The van der Waals surface area contributed by atoms with Gasteiger partial charge in [-0.05, 0) is 30.4 Å². The molecule has 158 valence electrons. The molecule has 2 heterocycles. The third-order valence-electron chi connectivity index (χ3n) is 4.42. The van der Waals surface area contributed by atoms with Crippen molar-refractivity contribution in [3.8, 4) is 0 Å². The fraction of sp³-hybridized carbons (Fsp3) is 0.263. The molecule has 0 saturated carbocycles. The van der Waals surface area contributed by atoms with E-state index in [2.05, 4.69) is 16.5 Å². The number of hydrogen-bond donors (Lipinski definition) is 1. The Hall–Kier alpha value is -3.21. The van der Waals surface area contributed by atoms with Crippen molar-refractivity contribution in [2.75, 3.05) is 7.05 Å². The summed E-state index contributed by atoms with van der Waals surface area (Å²) in [5.41, 5.74) is 0.337. The van der Waals surface area contributed by atoms with Crippen molar-refractivity contribution in [2.24, 2.45) is 0 Å². The summed E-state index contributed by atoms with van der Waals surface area (Å²) in [5.74, 6) is -0.330. The molecule has 0 aliphatic carbocycles. The molecule has 30 heavy (non-hydrogen) atoms. The number of benzene rings is 1. The van der Waals surface area contributed by atoms with Gasteiger partial charge in [-0.3, -0.25) is 14.2 Å². The Bertz CT molecular complexity index is 1230. The second-order valence-corrected chi connectivity index (χ2v) is 7.03. The van der Waals surface area contributed by atoms with Crippen molar-refractivity contribution in [1.82, 2.24) is 24.0 Å². The van der Waals surface area contributed by atoms with Crippen molar-refractivity contribution in [1.29, 1.82) is 0 Å². The summed E-state index contributed by atoms with van der Waals surface area (Å²) in [7, 11) is 1.46. The molecule has 0 aliphatic heterocycles. The second-order valence-electron chi connectivity index (χ2n) is 6.64. The highest BCUT2D eigenvalue weighted by atomic mass is 32.1. The zero-order chi connectivity index (χ0) is 22.1. The van der Waals surface area contributed by atoms with Crippen LogP contribution in [0, 0.1) is 4.77 Å². The Labute approximate surface area is 174 Å². The van der Waals surface area contributed by atoms with Gasteiger partial charge >= 0.3 is 6.18 Å². The molecule has 0 aliphatic rings. The molecule has 0 fully saturated rings. The topological polar surface area (TPSA) is 75.9 Å². The van der Waals surface area contributed by atoms with E-state index >= 15 is 0 Å². The van der Waals surface area contributed by atoms with Gasteiger partial charge in [0.2, 0.25) is 0 Å². The molecule has 3 aromatic rings. The van der Waals surface area contributed by atoms with Crippen LogP contribution in [0.3, 0.4) is 0 Å². The van der Waals surface area contributed by atoms with Gasteiger partial charge in [-0.25, -0.2) is 4.98 Å². The molecule has 0 bridgehead atoms. The first-order valence-corrected chi connectivity index (χ1v) is 9.21. The van der Waals surface area contributed by atoms with E-state index in [1.165, 1.54) is 47.1 Å². The molecule has 0 atom stereocenters. The number of halogens is 3. The van der Waals surface area contributed by atoms with Gasteiger partial charge in [0.05, 0.1) is 17.4 Å². The number of carbonyl (C=O) groups excluding carboxylic acids is 1. The van der Waals surface area contributed by atoms with E-state index in [0.717, 1.165) is 4.57 Å². The van der Waals surface area contributed by atoms with E-state index in [0.29, 0.717) is 10.9 Å². The molecule has 0 unspecified atom stereocenters. The number of H-pyrrole nitrogens is 1. The summed E-state index contributed by atoms with van der Waals surface area (Å²) < 4.78 is 40.5. The number of carbonyl (C=O) groups is 1. The molecule has 7 nitrogen and oxygen atoms in total. The molecule has 11 heteroatoms. The van der Waals surface area contributed by atoms with Gasteiger partial charge in [0.15, 0.2) is 4.77 Å². The lowest BCUT2D eigenvalue weighted by Gasteiger charge is -2.18. The van der Waals surface area contributed by atoms with E-state index in [4.69, 9.17) is 12.2 Å². The lowest BCUT2D eigenvalue weighted by molar-refractivity contribution is -0.141. The smallest absolute Gasteiger partial charge is 0.334 e. The number of aromatic amines is 1. The summed E-state index contributed by atoms with van der Waals surface area (Å²) in [4.78, 5) is 33.4. The Kier molecular flexibility index (Phi) is 5.92. The number of allylic oxidation sites excluding steroid dienone is 1. The number of nitrogens with one attached hydrogen (secondary N) is 1. The fourth-order valence-corrected chi connectivity index (χ4v) is 3.28. The van der Waals surface area contributed by atoms with E-state index < -0.39 is 18.6 Å². The fourth-order valence-electron chi connectivity index (χ4n) is 3.02. The minimum atomic E-state index is -4.40. The Morgan fingerprint density at radius 3 is 2.80 bits per heavy atom. The highest BCUT2D eigenvalue weighted by Gasteiger charge is 2.29. The summed E-state index contributed by atoms with van der Waals surface area (Å²) >= 11 is 5.19. The lowest BCUT2D eigenvalue weighted by atomic mass is 10.1. The summed E-state index contributed by atoms with van der Waals surface area (Å²) in [6.07, 6.45) is -0.381. The quantitative estimate of drug-likeness (QED) is 0.474. The maximum atomic E-state index is 12.8. The van der Waals surface area contributed by atoms with Crippen molar-refractivity contribution < 1.29 is 18.0 Å². The number of nitrogens with zero attached hydrogens (tertiary/aromatic N) is 4. The lowest BCUT2D eigenvalue weighted by Crippen LogP contribution is -2.29. The largest absolute Gasteiger partial charge is 0.406 e. The average molecular weight is 437 g/mol. The highest BCUT2D eigenvalue weighted by Crippen LogP contribution is 2.19. The van der Waals surface area contributed by atoms with Gasteiger partial charge in [0.25, 0.3) is 11.5 Å². The number of hydrogen-bond acceptors (Lipinski definition) is 4. The number of alkyl halides is 3. The van der Waals surface area contributed by atoms with Gasteiger partial charge in [-0.15, -0.1) is 6.58 Å². The van der Waals surface area contributed by atoms with Crippen LogP contribution in [0.25, 0.3) is 10.9 Å². The molecule has 0 radical (unpaired) electrons. The van der Waals surface area contributed by atoms with Crippen molar-refractivity contribution in [2.45, 2.75) is 25.8 Å². The molecular formula is C19H18F3N5O2S. The van der Waals surface area contributed by atoms with Crippen LogP contribution >= 0.6 is 12.2 Å². The normalized spacial score (nSPS) is 11.6. The van der Waals surface area contributed by atoms with Gasteiger partial charge in [-0.2, -0.15) is 13.2 Å². The Morgan fingerprint density at radius 2 is 2.13 bits per heavy atom. The highest BCUT2D eigenvalue weighted by molar-refractivity contribution is 7.71. The molecule has 1 amide bonds. The summed E-state index contributed by atoms with van der Waals surface area (Å²) in [6.45, 7) is 2.54. The van der Waals surface area contributed by atoms with Gasteiger partial charge < -0.3 is 14.5 Å². The minimum absolute atomic E-state index is 0.107. The third kappa shape index (κ3) is 4.51. The van der Waals surface area contributed by atoms with E-state index in [1.54, 1.807) is 6.08 Å². The van der Waals surface area contributed by atoms with E-state index in [1.807, 2.05) is 0 Å². The number of aromatic nitrogens is 4. The van der Waals surface area contributed by atoms with Crippen molar-refractivity contribution in [3.05, 3.63) is 69.8 Å². The van der Waals surface area contributed by atoms with Crippen LogP contribution in [0.5, 0.6) is 0 Å². The molecular weight excluding hydrogens is 419 g/mol. The van der Waals surface area contributed by atoms with Gasteiger partial charge in [0, 0.05) is 31.5 Å².